The second-order valence-electron chi connectivity index (χ2n) is 8.35. The Morgan fingerprint density at radius 2 is 1.91 bits per heavy atom. The van der Waals surface area contributed by atoms with E-state index in [1.54, 1.807) is 4.90 Å². The highest BCUT2D eigenvalue weighted by Gasteiger charge is 2.41. The van der Waals surface area contributed by atoms with Crippen molar-refractivity contribution in [2.45, 2.75) is 37.8 Å². The lowest BCUT2D eigenvalue weighted by atomic mass is 10.0. The Hall–Kier alpha value is -2.82. The number of ether oxygens (including phenoxy) is 2. The van der Waals surface area contributed by atoms with Gasteiger partial charge in [0.1, 0.15) is 22.4 Å². The van der Waals surface area contributed by atoms with E-state index in [0.717, 1.165) is 36.0 Å². The molecule has 1 aromatic rings. The van der Waals surface area contributed by atoms with Crippen molar-refractivity contribution in [2.24, 2.45) is 0 Å². The van der Waals surface area contributed by atoms with Crippen LogP contribution >= 0.6 is 0 Å². The molecule has 0 aliphatic carbocycles. The van der Waals surface area contributed by atoms with Crippen molar-refractivity contribution in [3.8, 4) is 11.5 Å². The van der Waals surface area contributed by atoms with Gasteiger partial charge in [-0.2, -0.15) is 0 Å². The van der Waals surface area contributed by atoms with Crippen molar-refractivity contribution >= 4 is 27.7 Å². The average molecular weight is 466 g/mol. The zero-order valence-electron chi connectivity index (χ0n) is 17.9. The summed E-state index contributed by atoms with van der Waals surface area (Å²) in [6, 6.07) is 3.88. The molecule has 0 spiro atoms. The summed E-state index contributed by atoms with van der Waals surface area (Å²) < 4.78 is 34.2. The van der Waals surface area contributed by atoms with Crippen molar-refractivity contribution in [3.05, 3.63) is 23.8 Å². The number of carbonyl (C=O) groups is 3. The molecule has 0 bridgehead atoms. The minimum atomic E-state index is -3.27. The Balaban J connectivity index is 1.43. The summed E-state index contributed by atoms with van der Waals surface area (Å²) in [5.41, 5.74) is 0.920. The number of nitrogens with one attached hydrogen (secondary N) is 1. The zero-order valence-corrected chi connectivity index (χ0v) is 18.7. The van der Waals surface area contributed by atoms with Gasteiger partial charge < -0.3 is 19.7 Å². The number of hydrogen-bond acceptors (Lipinski definition) is 7. The van der Waals surface area contributed by atoms with Crippen molar-refractivity contribution in [1.82, 2.24) is 15.1 Å². The van der Waals surface area contributed by atoms with Crippen molar-refractivity contribution in [2.75, 3.05) is 38.3 Å². The minimum absolute atomic E-state index is 0.0162. The van der Waals surface area contributed by atoms with Gasteiger partial charge in [-0.25, -0.2) is 13.2 Å². The zero-order chi connectivity index (χ0) is 22.9. The first-order chi connectivity index (χ1) is 15.2. The number of imide groups is 1. The highest BCUT2D eigenvalue weighted by Crippen LogP contribution is 2.38. The maximum absolute atomic E-state index is 13.0. The number of nitrogens with zero attached hydrogens (tertiary/aromatic N) is 2. The first kappa shape index (κ1) is 22.4. The predicted molar refractivity (Wildman–Crippen MR) is 114 cm³/mol. The molecule has 4 amide bonds. The van der Waals surface area contributed by atoms with Gasteiger partial charge in [0, 0.05) is 19.2 Å². The molecule has 2 fully saturated rings. The van der Waals surface area contributed by atoms with Crippen LogP contribution in [-0.2, 0) is 19.4 Å². The van der Waals surface area contributed by atoms with E-state index in [4.69, 9.17) is 9.47 Å². The number of amides is 4. The largest absolute Gasteiger partial charge is 0.490 e. The Kier molecular flexibility index (Phi) is 6.27. The monoisotopic (exact) mass is 465 g/mol. The topological polar surface area (TPSA) is 122 Å². The van der Waals surface area contributed by atoms with Crippen LogP contribution in [0.1, 0.15) is 37.3 Å². The molecule has 3 aliphatic heterocycles. The lowest BCUT2D eigenvalue weighted by Crippen LogP contribution is -2.43. The van der Waals surface area contributed by atoms with Crippen LogP contribution in [0.15, 0.2) is 18.2 Å². The van der Waals surface area contributed by atoms with Crippen LogP contribution in [0.4, 0.5) is 4.79 Å². The molecule has 0 radical (unpaired) electrons. The second kappa shape index (κ2) is 8.97. The molecule has 32 heavy (non-hydrogen) atoms. The summed E-state index contributed by atoms with van der Waals surface area (Å²) in [4.78, 5) is 40.4. The van der Waals surface area contributed by atoms with Gasteiger partial charge in [0.15, 0.2) is 11.5 Å². The number of likely N-dealkylation sites (tertiary alicyclic amines) is 1. The Labute approximate surface area is 186 Å². The third kappa shape index (κ3) is 4.82. The van der Waals surface area contributed by atoms with Gasteiger partial charge in [-0.05, 0) is 37.0 Å². The number of hydrogen-bond donors (Lipinski definition) is 1. The smallest absolute Gasteiger partial charge is 0.325 e. The molecule has 1 N–H and O–H groups in total. The van der Waals surface area contributed by atoms with Crippen LogP contribution in [0.2, 0.25) is 0 Å². The first-order valence-electron chi connectivity index (χ1n) is 10.7. The van der Waals surface area contributed by atoms with Crippen LogP contribution in [0.5, 0.6) is 11.5 Å². The molecule has 3 heterocycles. The molecule has 2 saturated heterocycles. The molecular weight excluding hydrogens is 438 g/mol. The van der Waals surface area contributed by atoms with Crippen LogP contribution in [0, 0.1) is 0 Å². The molecule has 11 heteroatoms. The summed E-state index contributed by atoms with van der Waals surface area (Å²) in [5, 5.41) is 2.48. The lowest BCUT2D eigenvalue weighted by molar-refractivity contribution is -0.138. The van der Waals surface area contributed by atoms with Gasteiger partial charge in [0.25, 0.3) is 5.91 Å². The number of rotatable bonds is 6. The molecule has 4 rings (SSSR count). The third-order valence-electron chi connectivity index (χ3n) is 5.91. The number of sulfone groups is 1. The van der Waals surface area contributed by atoms with E-state index in [1.165, 1.54) is 0 Å². The van der Waals surface area contributed by atoms with Gasteiger partial charge in [0.2, 0.25) is 5.91 Å². The quantitative estimate of drug-likeness (QED) is 0.619. The Morgan fingerprint density at radius 1 is 1.16 bits per heavy atom. The molecule has 0 aromatic heterocycles. The summed E-state index contributed by atoms with van der Waals surface area (Å²) in [6.45, 7) is 1.31. The summed E-state index contributed by atoms with van der Waals surface area (Å²) in [5.74, 6) is 0.220. The lowest BCUT2D eigenvalue weighted by Gasteiger charge is -2.27. The van der Waals surface area contributed by atoms with Gasteiger partial charge >= 0.3 is 6.03 Å². The van der Waals surface area contributed by atoms with E-state index in [0.29, 0.717) is 31.3 Å². The summed E-state index contributed by atoms with van der Waals surface area (Å²) >= 11 is 0. The highest BCUT2D eigenvalue weighted by molar-refractivity contribution is 7.90. The fraction of sp³-hybridized carbons (Fsp3) is 0.571. The van der Waals surface area contributed by atoms with E-state index >= 15 is 0 Å². The number of benzene rings is 1. The normalized spacial score (nSPS) is 23.3. The van der Waals surface area contributed by atoms with E-state index in [9.17, 15) is 22.8 Å². The van der Waals surface area contributed by atoms with E-state index < -0.39 is 27.8 Å². The van der Waals surface area contributed by atoms with E-state index in [2.05, 4.69) is 5.32 Å². The highest BCUT2D eigenvalue weighted by atomic mass is 32.2. The van der Waals surface area contributed by atoms with E-state index in [1.807, 2.05) is 18.2 Å². The summed E-state index contributed by atoms with van der Waals surface area (Å²) in [6.07, 6.45) is 3.43. The fourth-order valence-electron chi connectivity index (χ4n) is 4.28. The Morgan fingerprint density at radius 3 is 2.66 bits per heavy atom. The third-order valence-corrected chi connectivity index (χ3v) is 6.88. The number of fused-ring (bicyclic) bond motifs is 1. The molecular formula is C21H27N3O7S. The van der Waals surface area contributed by atoms with Gasteiger partial charge in [-0.15, -0.1) is 0 Å². The average Bonchev–Trinajstić information content (AvgIpc) is 3.24. The molecule has 2 atom stereocenters. The van der Waals surface area contributed by atoms with Crippen molar-refractivity contribution in [1.29, 1.82) is 0 Å². The molecule has 3 aliphatic rings. The van der Waals surface area contributed by atoms with Gasteiger partial charge in [-0.1, -0.05) is 6.07 Å². The van der Waals surface area contributed by atoms with Crippen molar-refractivity contribution < 1.29 is 32.3 Å². The number of carbonyl (C=O) groups excluding carboxylic acids is 3. The van der Waals surface area contributed by atoms with Crippen LogP contribution in [0.3, 0.4) is 0 Å². The van der Waals surface area contributed by atoms with Crippen molar-refractivity contribution in [3.63, 3.8) is 0 Å². The fourth-order valence-corrected chi connectivity index (χ4v) is 4.94. The molecule has 0 unspecified atom stereocenters. The molecule has 0 saturated carbocycles. The maximum atomic E-state index is 13.0. The van der Waals surface area contributed by atoms with Crippen LogP contribution in [0.25, 0.3) is 0 Å². The molecule has 1 aromatic carbocycles. The second-order valence-corrected chi connectivity index (χ2v) is 10.6. The summed E-state index contributed by atoms with van der Waals surface area (Å²) in [7, 11) is -3.27. The number of urea groups is 1. The SMILES string of the molecule is CS(=O)(=O)CC[C@@H]1NC(=O)N(CC(=O)N2CCC[C@@H]2c2ccc3c(c2)OCCCO3)C1=O. The van der Waals surface area contributed by atoms with E-state index in [-0.39, 0.29) is 30.7 Å². The Bertz CT molecular complexity index is 1030. The first-order valence-corrected chi connectivity index (χ1v) is 12.8. The van der Waals surface area contributed by atoms with Gasteiger partial charge in [0.05, 0.1) is 25.0 Å². The van der Waals surface area contributed by atoms with Crippen LogP contribution < -0.4 is 14.8 Å². The maximum Gasteiger partial charge on any atom is 0.325 e. The molecule has 10 nitrogen and oxygen atoms in total. The minimum Gasteiger partial charge on any atom is -0.490 e. The molecule has 174 valence electrons. The van der Waals surface area contributed by atoms with Crippen LogP contribution in [-0.4, -0.2) is 80.4 Å². The standard InChI is InChI=1S/C21H27N3O7S/c1-32(28,29)11-7-15-20(26)24(21(27)22-15)13-19(25)23-8-2-4-16(23)14-5-6-17-18(12-14)31-10-3-9-30-17/h5-6,12,15-16H,2-4,7-11,13H2,1H3,(H,22,27)/t15-,16+/m0/s1. The predicted octanol–water partition coefficient (Wildman–Crippen LogP) is 0.866. The van der Waals surface area contributed by atoms with Gasteiger partial charge in [-0.3, -0.25) is 14.5 Å².